The van der Waals surface area contributed by atoms with E-state index in [9.17, 15) is 0 Å². The topological polar surface area (TPSA) is 12.0 Å². The Labute approximate surface area is 108 Å². The molecule has 1 aromatic heterocycles. The summed E-state index contributed by atoms with van der Waals surface area (Å²) in [6, 6.07) is 4.48. The number of hydrogen-bond acceptors (Lipinski definition) is 2. The molecular formula is C13H22ClNS. The molecule has 0 radical (unpaired) electrons. The summed E-state index contributed by atoms with van der Waals surface area (Å²) >= 11 is 7.55. The molecule has 0 saturated heterocycles. The van der Waals surface area contributed by atoms with E-state index in [0.717, 1.165) is 31.8 Å². The number of nitrogens with one attached hydrogen (secondary N) is 1. The molecule has 0 aromatic carbocycles. The lowest BCUT2D eigenvalue weighted by Gasteiger charge is -2.02. The minimum Gasteiger partial charge on any atom is -0.312 e. The van der Waals surface area contributed by atoms with E-state index in [-0.39, 0.29) is 0 Å². The minimum atomic E-state index is 0.808. The van der Waals surface area contributed by atoms with Crippen LogP contribution in [-0.2, 0) is 13.0 Å². The van der Waals surface area contributed by atoms with Crippen molar-refractivity contribution >= 4 is 22.9 Å². The van der Waals surface area contributed by atoms with E-state index < -0.39 is 0 Å². The number of alkyl halides is 1. The summed E-state index contributed by atoms with van der Waals surface area (Å²) in [5.74, 6) is 0.808. The van der Waals surface area contributed by atoms with Crippen LogP contribution in [0.5, 0.6) is 0 Å². The molecule has 1 heterocycles. The lowest BCUT2D eigenvalue weighted by atomic mass is 10.2. The monoisotopic (exact) mass is 259 g/mol. The van der Waals surface area contributed by atoms with Gasteiger partial charge in [0.2, 0.25) is 0 Å². The Morgan fingerprint density at radius 2 is 1.88 bits per heavy atom. The first-order chi connectivity index (χ1) is 7.86. The van der Waals surface area contributed by atoms with Crippen LogP contribution in [-0.4, -0.2) is 12.4 Å². The molecule has 0 aliphatic heterocycles. The molecule has 1 N–H and O–H groups in total. The van der Waals surface area contributed by atoms with Crippen LogP contribution in [0.1, 0.15) is 42.4 Å². The van der Waals surface area contributed by atoms with Crippen molar-refractivity contribution in [3.05, 3.63) is 21.9 Å². The van der Waals surface area contributed by atoms with E-state index in [2.05, 4.69) is 24.4 Å². The highest BCUT2D eigenvalue weighted by atomic mass is 35.5. The molecule has 0 atom stereocenters. The van der Waals surface area contributed by atoms with Gasteiger partial charge in [0.1, 0.15) is 0 Å². The predicted octanol–water partition coefficient (Wildman–Crippen LogP) is 4.20. The van der Waals surface area contributed by atoms with Crippen LogP contribution in [0.4, 0.5) is 0 Å². The van der Waals surface area contributed by atoms with Gasteiger partial charge in [-0.2, -0.15) is 0 Å². The van der Waals surface area contributed by atoms with Gasteiger partial charge in [0, 0.05) is 22.2 Å². The van der Waals surface area contributed by atoms with Gasteiger partial charge in [-0.1, -0.05) is 19.8 Å². The van der Waals surface area contributed by atoms with E-state index in [4.69, 9.17) is 11.6 Å². The number of unbranched alkanes of at least 4 members (excludes halogenated alkanes) is 3. The first kappa shape index (κ1) is 14.0. The number of thiophene rings is 1. The molecule has 0 fully saturated rings. The van der Waals surface area contributed by atoms with Crippen molar-refractivity contribution in [3.63, 3.8) is 0 Å². The maximum Gasteiger partial charge on any atom is 0.0299 e. The number of hydrogen-bond donors (Lipinski definition) is 1. The van der Waals surface area contributed by atoms with Crippen molar-refractivity contribution in [3.8, 4) is 0 Å². The molecule has 0 spiro atoms. The van der Waals surface area contributed by atoms with E-state index in [1.54, 1.807) is 0 Å². The molecule has 0 aliphatic carbocycles. The summed E-state index contributed by atoms with van der Waals surface area (Å²) < 4.78 is 0. The Morgan fingerprint density at radius 1 is 1.12 bits per heavy atom. The summed E-state index contributed by atoms with van der Waals surface area (Å²) in [5, 5.41) is 3.49. The van der Waals surface area contributed by atoms with Crippen LogP contribution < -0.4 is 5.32 Å². The smallest absolute Gasteiger partial charge is 0.0299 e. The van der Waals surface area contributed by atoms with Crippen LogP contribution in [0.15, 0.2) is 12.1 Å². The normalized spacial score (nSPS) is 10.9. The quantitative estimate of drug-likeness (QED) is 0.518. The molecule has 0 bridgehead atoms. The number of rotatable bonds is 9. The Morgan fingerprint density at radius 3 is 2.56 bits per heavy atom. The van der Waals surface area contributed by atoms with Crippen molar-refractivity contribution in [1.82, 2.24) is 5.32 Å². The van der Waals surface area contributed by atoms with Crippen LogP contribution in [0.2, 0.25) is 0 Å². The first-order valence-corrected chi connectivity index (χ1v) is 7.56. The maximum atomic E-state index is 5.62. The van der Waals surface area contributed by atoms with Crippen LogP contribution in [0, 0.1) is 0 Å². The van der Waals surface area contributed by atoms with E-state index in [0.29, 0.717) is 0 Å². The van der Waals surface area contributed by atoms with Crippen LogP contribution in [0.3, 0.4) is 0 Å². The Kier molecular flexibility index (Phi) is 7.91. The van der Waals surface area contributed by atoms with Gasteiger partial charge in [0.15, 0.2) is 0 Å². The molecule has 16 heavy (non-hydrogen) atoms. The summed E-state index contributed by atoms with van der Waals surface area (Å²) in [5.41, 5.74) is 0. The fourth-order valence-corrected chi connectivity index (χ4v) is 2.73. The van der Waals surface area contributed by atoms with Gasteiger partial charge >= 0.3 is 0 Å². The zero-order chi connectivity index (χ0) is 11.6. The summed E-state index contributed by atoms with van der Waals surface area (Å²) in [6.45, 7) is 4.36. The molecule has 0 amide bonds. The fourth-order valence-electron chi connectivity index (χ4n) is 1.62. The standard InChI is InChI=1S/C13H22ClNS/c1-2-12-7-8-13(16-12)11-15-10-6-4-3-5-9-14/h7-8,15H,2-6,9-11H2,1H3. The Balaban J connectivity index is 1.98. The second-order valence-electron chi connectivity index (χ2n) is 4.00. The van der Waals surface area contributed by atoms with Gasteiger partial charge in [-0.05, 0) is 37.9 Å². The maximum absolute atomic E-state index is 5.62. The summed E-state index contributed by atoms with van der Waals surface area (Å²) in [6.07, 6.45) is 6.15. The highest BCUT2D eigenvalue weighted by molar-refractivity contribution is 7.11. The van der Waals surface area contributed by atoms with Crippen LogP contribution in [0.25, 0.3) is 0 Å². The van der Waals surface area contributed by atoms with Crippen LogP contribution >= 0.6 is 22.9 Å². The Bertz CT molecular complexity index is 273. The van der Waals surface area contributed by atoms with Gasteiger partial charge in [-0.3, -0.25) is 0 Å². The SMILES string of the molecule is CCc1ccc(CNCCCCCCCl)s1. The third kappa shape index (κ3) is 5.88. The van der Waals surface area contributed by atoms with Gasteiger partial charge in [0.05, 0.1) is 0 Å². The molecule has 0 aliphatic rings. The average molecular weight is 260 g/mol. The summed E-state index contributed by atoms with van der Waals surface area (Å²) in [4.78, 5) is 2.94. The number of aryl methyl sites for hydroxylation is 1. The van der Waals surface area contributed by atoms with Gasteiger partial charge in [-0.15, -0.1) is 22.9 Å². The van der Waals surface area contributed by atoms with E-state index in [1.807, 2.05) is 11.3 Å². The third-order valence-electron chi connectivity index (χ3n) is 2.60. The van der Waals surface area contributed by atoms with E-state index >= 15 is 0 Å². The third-order valence-corrected chi connectivity index (χ3v) is 4.10. The Hall–Kier alpha value is -0.0500. The molecule has 0 saturated carbocycles. The fraction of sp³-hybridized carbons (Fsp3) is 0.692. The van der Waals surface area contributed by atoms with Crippen molar-refractivity contribution in [2.75, 3.05) is 12.4 Å². The van der Waals surface area contributed by atoms with E-state index in [1.165, 1.54) is 29.0 Å². The second-order valence-corrected chi connectivity index (χ2v) is 5.63. The summed E-state index contributed by atoms with van der Waals surface area (Å²) in [7, 11) is 0. The molecule has 92 valence electrons. The van der Waals surface area contributed by atoms with Gasteiger partial charge in [-0.25, -0.2) is 0 Å². The highest BCUT2D eigenvalue weighted by Gasteiger charge is 1.97. The van der Waals surface area contributed by atoms with Gasteiger partial charge in [0.25, 0.3) is 0 Å². The molecular weight excluding hydrogens is 238 g/mol. The number of halogens is 1. The molecule has 0 unspecified atom stereocenters. The largest absolute Gasteiger partial charge is 0.312 e. The predicted molar refractivity (Wildman–Crippen MR) is 74.6 cm³/mol. The second kappa shape index (κ2) is 9.03. The molecule has 1 rings (SSSR count). The average Bonchev–Trinajstić information content (AvgIpc) is 2.76. The van der Waals surface area contributed by atoms with Crippen molar-refractivity contribution in [2.24, 2.45) is 0 Å². The minimum absolute atomic E-state index is 0.808. The van der Waals surface area contributed by atoms with Crippen molar-refractivity contribution < 1.29 is 0 Å². The first-order valence-electron chi connectivity index (χ1n) is 6.21. The lowest BCUT2D eigenvalue weighted by molar-refractivity contribution is 0.601. The van der Waals surface area contributed by atoms with Gasteiger partial charge < -0.3 is 5.32 Å². The van der Waals surface area contributed by atoms with Crippen molar-refractivity contribution in [1.29, 1.82) is 0 Å². The molecule has 3 heteroatoms. The molecule has 1 aromatic rings. The zero-order valence-corrected chi connectivity index (χ0v) is 11.7. The zero-order valence-electron chi connectivity index (χ0n) is 10.1. The van der Waals surface area contributed by atoms with Crippen molar-refractivity contribution in [2.45, 2.75) is 45.6 Å². The lowest BCUT2D eigenvalue weighted by Crippen LogP contribution is -2.13. The molecule has 1 nitrogen and oxygen atoms in total. The highest BCUT2D eigenvalue weighted by Crippen LogP contribution is 2.16.